The molecular weight excluding hydrogens is 344 g/mol. The molecule has 3 aliphatic rings. The molecule has 1 atom stereocenters. The molecule has 2 aliphatic heterocycles. The Morgan fingerprint density at radius 2 is 2.04 bits per heavy atom. The quantitative estimate of drug-likeness (QED) is 0.644. The summed E-state index contributed by atoms with van der Waals surface area (Å²) in [5, 5.41) is 0. The lowest BCUT2D eigenvalue weighted by Gasteiger charge is -2.49. The van der Waals surface area contributed by atoms with Gasteiger partial charge in [-0.05, 0) is 45.7 Å². The van der Waals surface area contributed by atoms with Crippen molar-refractivity contribution < 1.29 is 14.3 Å². The Hall–Kier alpha value is -1.18. The van der Waals surface area contributed by atoms with Crippen LogP contribution in [0.1, 0.15) is 32.1 Å². The number of likely N-dealkylation sites (tertiary alicyclic amines) is 1. The number of carbonyl (C=O) groups is 2. The first-order chi connectivity index (χ1) is 12.9. The number of rotatable bonds is 7. The highest BCUT2D eigenvalue weighted by atomic mass is 16.5. The molecule has 7 heteroatoms. The van der Waals surface area contributed by atoms with Crippen LogP contribution in [0, 0.1) is 5.92 Å². The van der Waals surface area contributed by atoms with E-state index < -0.39 is 0 Å². The third kappa shape index (κ3) is 5.21. The molecule has 3 rings (SSSR count). The van der Waals surface area contributed by atoms with Gasteiger partial charge in [-0.2, -0.15) is 0 Å². The molecule has 2 amide bonds. The molecule has 27 heavy (non-hydrogen) atoms. The highest BCUT2D eigenvalue weighted by Gasteiger charge is 2.43. The number of amides is 2. The molecule has 1 spiro atoms. The van der Waals surface area contributed by atoms with Crippen molar-refractivity contribution in [3.8, 4) is 0 Å². The monoisotopic (exact) mass is 380 g/mol. The van der Waals surface area contributed by atoms with Gasteiger partial charge in [0.15, 0.2) is 0 Å². The number of ether oxygens (including phenoxy) is 1. The fourth-order valence-corrected chi connectivity index (χ4v) is 4.37. The third-order valence-electron chi connectivity index (χ3n) is 6.61. The van der Waals surface area contributed by atoms with Gasteiger partial charge in [-0.1, -0.05) is 0 Å². The van der Waals surface area contributed by atoms with Crippen LogP contribution < -0.4 is 0 Å². The van der Waals surface area contributed by atoms with Gasteiger partial charge < -0.3 is 14.5 Å². The first-order valence-corrected chi connectivity index (χ1v) is 10.4. The van der Waals surface area contributed by atoms with Crippen LogP contribution in [0.25, 0.3) is 0 Å². The highest BCUT2D eigenvalue weighted by molar-refractivity contribution is 5.79. The summed E-state index contributed by atoms with van der Waals surface area (Å²) in [7, 11) is 5.80. The average molecular weight is 381 g/mol. The SMILES string of the molecule is COCCN(C)CC(=O)N1CCN(C)C2(CCC(=O)N(CC3CC3)CC2)C1. The van der Waals surface area contributed by atoms with E-state index in [-0.39, 0.29) is 11.4 Å². The van der Waals surface area contributed by atoms with Crippen LogP contribution in [0.15, 0.2) is 0 Å². The fraction of sp³-hybridized carbons (Fsp3) is 0.900. The maximum atomic E-state index is 12.8. The zero-order chi connectivity index (χ0) is 19.4. The van der Waals surface area contributed by atoms with Gasteiger partial charge in [-0.3, -0.25) is 19.4 Å². The molecule has 0 radical (unpaired) electrons. The second-order valence-electron chi connectivity index (χ2n) is 8.72. The molecule has 1 aliphatic carbocycles. The van der Waals surface area contributed by atoms with Crippen molar-refractivity contribution >= 4 is 11.8 Å². The second kappa shape index (κ2) is 8.88. The summed E-state index contributed by atoms with van der Waals surface area (Å²) in [6, 6.07) is 0. The summed E-state index contributed by atoms with van der Waals surface area (Å²) < 4.78 is 5.10. The predicted octanol–water partition coefficient (Wildman–Crippen LogP) is 0.500. The van der Waals surface area contributed by atoms with Gasteiger partial charge in [-0.25, -0.2) is 0 Å². The van der Waals surface area contributed by atoms with E-state index in [2.05, 4.69) is 16.8 Å². The first-order valence-electron chi connectivity index (χ1n) is 10.4. The van der Waals surface area contributed by atoms with Crippen LogP contribution >= 0.6 is 0 Å². The summed E-state index contributed by atoms with van der Waals surface area (Å²) in [5.74, 6) is 1.22. The molecule has 0 bridgehead atoms. The fourth-order valence-electron chi connectivity index (χ4n) is 4.37. The van der Waals surface area contributed by atoms with E-state index in [4.69, 9.17) is 4.74 Å². The number of carbonyl (C=O) groups excluding carboxylic acids is 2. The summed E-state index contributed by atoms with van der Waals surface area (Å²) >= 11 is 0. The summed E-state index contributed by atoms with van der Waals surface area (Å²) in [4.78, 5) is 33.9. The van der Waals surface area contributed by atoms with E-state index >= 15 is 0 Å². The lowest BCUT2D eigenvalue weighted by molar-refractivity contribution is -0.138. The third-order valence-corrected chi connectivity index (χ3v) is 6.61. The van der Waals surface area contributed by atoms with Crippen molar-refractivity contribution in [1.82, 2.24) is 19.6 Å². The zero-order valence-corrected chi connectivity index (χ0v) is 17.3. The molecule has 1 saturated carbocycles. The Morgan fingerprint density at radius 3 is 2.74 bits per heavy atom. The lowest BCUT2D eigenvalue weighted by atomic mass is 9.86. The Bertz CT molecular complexity index is 539. The maximum absolute atomic E-state index is 12.8. The average Bonchev–Trinajstić information content (AvgIpc) is 3.48. The maximum Gasteiger partial charge on any atom is 0.236 e. The molecule has 0 aromatic heterocycles. The van der Waals surface area contributed by atoms with Crippen LogP contribution in [0.3, 0.4) is 0 Å². The Morgan fingerprint density at radius 1 is 1.26 bits per heavy atom. The van der Waals surface area contributed by atoms with Crippen LogP contribution in [-0.2, 0) is 14.3 Å². The normalized spacial score (nSPS) is 27.5. The van der Waals surface area contributed by atoms with Crippen LogP contribution in [0.5, 0.6) is 0 Å². The smallest absolute Gasteiger partial charge is 0.236 e. The Balaban J connectivity index is 1.60. The number of methoxy groups -OCH3 is 1. The van der Waals surface area contributed by atoms with Crippen molar-refractivity contribution in [3.05, 3.63) is 0 Å². The largest absolute Gasteiger partial charge is 0.383 e. The number of likely N-dealkylation sites (N-methyl/N-ethyl adjacent to an activating group) is 2. The van der Waals surface area contributed by atoms with E-state index in [1.54, 1.807) is 7.11 Å². The van der Waals surface area contributed by atoms with Gasteiger partial charge in [0.05, 0.1) is 13.2 Å². The Labute approximate surface area is 163 Å². The first kappa shape index (κ1) is 20.6. The molecule has 1 unspecified atom stereocenters. The minimum absolute atomic E-state index is 0.0625. The molecular formula is C20H36N4O3. The number of hydrogen-bond donors (Lipinski definition) is 0. The molecule has 2 saturated heterocycles. The lowest BCUT2D eigenvalue weighted by Crippen LogP contribution is -2.63. The molecule has 0 aromatic carbocycles. The molecule has 0 N–H and O–H groups in total. The van der Waals surface area contributed by atoms with Crippen LogP contribution in [0.2, 0.25) is 0 Å². The van der Waals surface area contributed by atoms with E-state index in [9.17, 15) is 9.59 Å². The highest BCUT2D eigenvalue weighted by Crippen LogP contribution is 2.35. The minimum atomic E-state index is -0.0625. The zero-order valence-electron chi connectivity index (χ0n) is 17.3. The van der Waals surface area contributed by atoms with Crippen molar-refractivity contribution in [3.63, 3.8) is 0 Å². The van der Waals surface area contributed by atoms with Gasteiger partial charge >= 0.3 is 0 Å². The molecule has 0 aromatic rings. The molecule has 154 valence electrons. The van der Waals surface area contributed by atoms with E-state index in [0.29, 0.717) is 25.5 Å². The van der Waals surface area contributed by atoms with Gasteiger partial charge in [0, 0.05) is 58.3 Å². The summed E-state index contributed by atoms with van der Waals surface area (Å²) in [6.07, 6.45) is 4.96. The number of hydrogen-bond acceptors (Lipinski definition) is 5. The second-order valence-corrected chi connectivity index (χ2v) is 8.72. The topological polar surface area (TPSA) is 56.3 Å². The minimum Gasteiger partial charge on any atom is -0.383 e. The van der Waals surface area contributed by atoms with E-state index in [0.717, 1.165) is 58.0 Å². The summed E-state index contributed by atoms with van der Waals surface area (Å²) in [5.41, 5.74) is -0.0625. The van der Waals surface area contributed by atoms with Crippen LogP contribution in [-0.4, -0.2) is 111 Å². The summed E-state index contributed by atoms with van der Waals surface area (Å²) in [6.45, 7) is 5.97. The van der Waals surface area contributed by atoms with Gasteiger partial charge in [0.2, 0.25) is 11.8 Å². The molecule has 7 nitrogen and oxygen atoms in total. The van der Waals surface area contributed by atoms with Crippen molar-refractivity contribution in [2.45, 2.75) is 37.6 Å². The van der Waals surface area contributed by atoms with Gasteiger partial charge in [-0.15, -0.1) is 0 Å². The number of piperazine rings is 1. The van der Waals surface area contributed by atoms with E-state index in [1.807, 2.05) is 16.8 Å². The van der Waals surface area contributed by atoms with Crippen LogP contribution in [0.4, 0.5) is 0 Å². The van der Waals surface area contributed by atoms with E-state index in [1.165, 1.54) is 12.8 Å². The standard InChI is InChI=1S/C20H36N4O3/c1-21(12-13-27-3)15-19(26)24-11-10-22(2)20(16-24)7-6-18(25)23(9-8-20)14-17-4-5-17/h17H,4-16H2,1-3H3. The van der Waals surface area contributed by atoms with Crippen molar-refractivity contribution in [2.24, 2.45) is 5.92 Å². The predicted molar refractivity (Wildman–Crippen MR) is 104 cm³/mol. The van der Waals surface area contributed by atoms with Gasteiger partial charge in [0.1, 0.15) is 0 Å². The molecule has 2 heterocycles. The van der Waals surface area contributed by atoms with Crippen molar-refractivity contribution in [1.29, 1.82) is 0 Å². The number of nitrogens with zero attached hydrogens (tertiary/aromatic N) is 4. The van der Waals surface area contributed by atoms with Crippen molar-refractivity contribution in [2.75, 3.05) is 73.6 Å². The Kier molecular flexibility index (Phi) is 6.76. The van der Waals surface area contributed by atoms with Gasteiger partial charge in [0.25, 0.3) is 0 Å². The molecule has 3 fully saturated rings.